The minimum absolute atomic E-state index is 0.0297. The molecule has 0 aliphatic carbocycles. The summed E-state index contributed by atoms with van der Waals surface area (Å²) in [7, 11) is 1.63. The molecule has 5 nitrogen and oxygen atoms in total. The van der Waals surface area contributed by atoms with Crippen LogP contribution in [0.25, 0.3) is 16.8 Å². The number of carbonyl (C=O) groups excluding carboxylic acids is 1. The van der Waals surface area contributed by atoms with Gasteiger partial charge >= 0.3 is 0 Å². The number of carbonyl (C=O) groups is 1. The van der Waals surface area contributed by atoms with E-state index in [9.17, 15) is 4.79 Å². The van der Waals surface area contributed by atoms with Crippen molar-refractivity contribution in [1.82, 2.24) is 4.90 Å². The van der Waals surface area contributed by atoms with Gasteiger partial charge in [0, 0.05) is 6.54 Å². The molecule has 38 heavy (non-hydrogen) atoms. The number of amidine groups is 1. The Bertz CT molecular complexity index is 1520. The number of hydrogen-bond donors (Lipinski definition) is 0. The van der Waals surface area contributed by atoms with Crippen molar-refractivity contribution in [2.75, 3.05) is 13.7 Å². The average Bonchev–Trinajstić information content (AvgIpc) is 3.22. The van der Waals surface area contributed by atoms with E-state index in [2.05, 4.69) is 31.2 Å². The summed E-state index contributed by atoms with van der Waals surface area (Å²) in [6.07, 6.45) is 2.74. The van der Waals surface area contributed by atoms with Gasteiger partial charge in [-0.2, -0.15) is 0 Å². The lowest BCUT2D eigenvalue weighted by atomic mass is 10.1. The number of rotatable bonds is 8. The van der Waals surface area contributed by atoms with E-state index >= 15 is 0 Å². The van der Waals surface area contributed by atoms with Crippen molar-refractivity contribution in [3.63, 3.8) is 0 Å². The fraction of sp³-hybridized carbons (Fsp3) is 0.188. The number of aryl methyl sites for hydroxylation is 1. The van der Waals surface area contributed by atoms with Crippen molar-refractivity contribution in [1.29, 1.82) is 0 Å². The topological polar surface area (TPSA) is 51.1 Å². The van der Waals surface area contributed by atoms with E-state index in [-0.39, 0.29) is 5.91 Å². The molecule has 0 N–H and O–H groups in total. The molecule has 1 heterocycles. The molecular formula is C32H30N2O3S. The number of fused-ring (bicyclic) bond motifs is 1. The number of ether oxygens (including phenoxy) is 2. The Morgan fingerprint density at radius 2 is 1.74 bits per heavy atom. The number of hydrogen-bond acceptors (Lipinski definition) is 5. The third-order valence-corrected chi connectivity index (χ3v) is 7.35. The van der Waals surface area contributed by atoms with Crippen LogP contribution in [0, 0.1) is 6.92 Å². The van der Waals surface area contributed by atoms with Gasteiger partial charge in [-0.15, -0.1) is 0 Å². The molecule has 1 amide bonds. The highest BCUT2D eigenvalue weighted by atomic mass is 32.2. The van der Waals surface area contributed by atoms with E-state index in [4.69, 9.17) is 14.5 Å². The summed E-state index contributed by atoms with van der Waals surface area (Å²) >= 11 is 1.40. The van der Waals surface area contributed by atoms with Gasteiger partial charge in [0.15, 0.2) is 16.7 Å². The molecule has 4 aromatic rings. The van der Waals surface area contributed by atoms with Crippen molar-refractivity contribution in [3.05, 3.63) is 107 Å². The predicted octanol–water partition coefficient (Wildman–Crippen LogP) is 7.75. The zero-order chi connectivity index (χ0) is 26.5. The first-order valence-electron chi connectivity index (χ1n) is 12.7. The summed E-state index contributed by atoms with van der Waals surface area (Å²) < 4.78 is 11.8. The van der Waals surface area contributed by atoms with Crippen molar-refractivity contribution >= 4 is 45.4 Å². The third-order valence-electron chi connectivity index (χ3n) is 6.34. The van der Waals surface area contributed by atoms with Gasteiger partial charge in [0.2, 0.25) is 0 Å². The van der Waals surface area contributed by atoms with Crippen LogP contribution >= 0.6 is 11.8 Å². The Kier molecular flexibility index (Phi) is 7.80. The van der Waals surface area contributed by atoms with E-state index in [1.165, 1.54) is 28.1 Å². The first kappa shape index (κ1) is 25.6. The van der Waals surface area contributed by atoms with Gasteiger partial charge in [-0.05, 0) is 77.3 Å². The van der Waals surface area contributed by atoms with Crippen molar-refractivity contribution < 1.29 is 14.3 Å². The first-order valence-corrected chi connectivity index (χ1v) is 13.5. The molecule has 0 atom stereocenters. The van der Waals surface area contributed by atoms with Crippen molar-refractivity contribution in [2.24, 2.45) is 4.99 Å². The van der Waals surface area contributed by atoms with E-state index in [0.29, 0.717) is 34.7 Å². The normalized spacial score (nSPS) is 15.6. The van der Waals surface area contributed by atoms with Gasteiger partial charge in [-0.25, -0.2) is 4.99 Å². The minimum Gasteiger partial charge on any atom is -0.493 e. The van der Waals surface area contributed by atoms with Crippen LogP contribution in [-0.4, -0.2) is 29.6 Å². The molecule has 0 bridgehead atoms. The van der Waals surface area contributed by atoms with E-state index in [0.717, 1.165) is 23.2 Å². The lowest BCUT2D eigenvalue weighted by molar-refractivity contribution is -0.122. The number of benzene rings is 4. The van der Waals surface area contributed by atoms with Crippen LogP contribution in [0.2, 0.25) is 0 Å². The molecular weight excluding hydrogens is 492 g/mol. The van der Waals surface area contributed by atoms with Crippen LogP contribution in [0.4, 0.5) is 5.69 Å². The molecule has 0 unspecified atom stereocenters. The highest BCUT2D eigenvalue weighted by Gasteiger charge is 2.32. The molecule has 0 spiro atoms. The number of thioether (sulfide) groups is 1. The average molecular weight is 523 g/mol. The second kappa shape index (κ2) is 11.6. The second-order valence-electron chi connectivity index (χ2n) is 9.13. The number of amides is 1. The maximum absolute atomic E-state index is 13.2. The Morgan fingerprint density at radius 1 is 0.947 bits per heavy atom. The van der Waals surface area contributed by atoms with E-state index < -0.39 is 0 Å². The zero-order valence-corrected chi connectivity index (χ0v) is 22.6. The Morgan fingerprint density at radius 3 is 2.53 bits per heavy atom. The van der Waals surface area contributed by atoms with Gasteiger partial charge < -0.3 is 9.47 Å². The van der Waals surface area contributed by atoms with Crippen LogP contribution in [0.5, 0.6) is 11.5 Å². The maximum Gasteiger partial charge on any atom is 0.266 e. The lowest BCUT2D eigenvalue weighted by Crippen LogP contribution is -2.29. The Hall–Kier alpha value is -4.03. The van der Waals surface area contributed by atoms with Gasteiger partial charge in [-0.1, -0.05) is 73.2 Å². The van der Waals surface area contributed by atoms with E-state index in [1.807, 2.05) is 73.7 Å². The minimum atomic E-state index is -0.0297. The fourth-order valence-electron chi connectivity index (χ4n) is 4.36. The molecule has 1 aliphatic heterocycles. The van der Waals surface area contributed by atoms with Crippen LogP contribution < -0.4 is 9.47 Å². The summed E-state index contributed by atoms with van der Waals surface area (Å²) in [6.45, 7) is 5.16. The maximum atomic E-state index is 13.2. The quantitative estimate of drug-likeness (QED) is 0.222. The molecule has 1 fully saturated rings. The monoisotopic (exact) mass is 522 g/mol. The van der Waals surface area contributed by atoms with Gasteiger partial charge in [0.1, 0.15) is 6.61 Å². The summed E-state index contributed by atoms with van der Waals surface area (Å²) in [5, 5.41) is 3.06. The molecule has 0 saturated carbocycles. The summed E-state index contributed by atoms with van der Waals surface area (Å²) in [5.41, 5.74) is 3.99. The van der Waals surface area contributed by atoms with Crippen molar-refractivity contribution in [3.8, 4) is 11.5 Å². The molecule has 1 saturated heterocycles. The van der Waals surface area contributed by atoms with Crippen LogP contribution in [0.15, 0.2) is 94.8 Å². The zero-order valence-electron chi connectivity index (χ0n) is 21.8. The van der Waals surface area contributed by atoms with Crippen LogP contribution in [-0.2, 0) is 11.4 Å². The predicted molar refractivity (Wildman–Crippen MR) is 157 cm³/mol. The largest absolute Gasteiger partial charge is 0.493 e. The standard InChI is InChI=1S/C32H30N2O3S/c1-4-18-34-31(35)30(38-32(34)33-26-15-12-22(2)13-16-26)20-23-14-17-28(29(19-23)36-3)37-21-25-10-7-9-24-8-5-6-11-27(24)25/h5-17,19-20H,4,18,21H2,1-3H3/b30-20+,33-32?. The molecule has 4 aromatic carbocycles. The highest BCUT2D eigenvalue weighted by molar-refractivity contribution is 8.18. The van der Waals surface area contributed by atoms with Gasteiger partial charge in [0.25, 0.3) is 5.91 Å². The van der Waals surface area contributed by atoms with Crippen LogP contribution in [0.3, 0.4) is 0 Å². The number of nitrogens with zero attached hydrogens (tertiary/aromatic N) is 2. The van der Waals surface area contributed by atoms with Gasteiger partial charge in [0.05, 0.1) is 17.7 Å². The Balaban J connectivity index is 1.37. The Labute approximate surface area is 227 Å². The fourth-order valence-corrected chi connectivity index (χ4v) is 5.38. The molecule has 1 aliphatic rings. The van der Waals surface area contributed by atoms with Crippen LogP contribution in [0.1, 0.15) is 30.0 Å². The molecule has 6 heteroatoms. The molecule has 192 valence electrons. The first-order chi connectivity index (χ1) is 18.6. The lowest BCUT2D eigenvalue weighted by Gasteiger charge is -2.14. The highest BCUT2D eigenvalue weighted by Crippen LogP contribution is 2.36. The number of methoxy groups -OCH3 is 1. The molecule has 0 aromatic heterocycles. The summed E-state index contributed by atoms with van der Waals surface area (Å²) in [6, 6.07) is 28.2. The van der Waals surface area contributed by atoms with Crippen molar-refractivity contribution in [2.45, 2.75) is 26.9 Å². The van der Waals surface area contributed by atoms with E-state index in [1.54, 1.807) is 12.0 Å². The third kappa shape index (κ3) is 5.60. The number of aliphatic imine (C=N–C) groups is 1. The smallest absolute Gasteiger partial charge is 0.266 e. The summed E-state index contributed by atoms with van der Waals surface area (Å²) in [5.74, 6) is 1.24. The molecule has 0 radical (unpaired) electrons. The molecule has 5 rings (SSSR count). The second-order valence-corrected chi connectivity index (χ2v) is 10.1. The SMILES string of the molecule is CCCN1C(=O)/C(=C\c2ccc(OCc3cccc4ccccc34)c(OC)c2)SC1=Nc1ccc(C)cc1. The summed E-state index contributed by atoms with van der Waals surface area (Å²) in [4.78, 5) is 20.4. The van der Waals surface area contributed by atoms with Gasteiger partial charge in [-0.3, -0.25) is 9.69 Å².